The van der Waals surface area contributed by atoms with Gasteiger partial charge in [0, 0.05) is 5.69 Å². The lowest BCUT2D eigenvalue weighted by molar-refractivity contribution is -0.137. The Bertz CT molecular complexity index is 844. The quantitative estimate of drug-likeness (QED) is 0.700. The van der Waals surface area contributed by atoms with Gasteiger partial charge in [-0.2, -0.15) is 18.4 Å². The molecule has 4 nitrogen and oxygen atoms in total. The van der Waals surface area contributed by atoms with Crippen molar-refractivity contribution in [3.63, 3.8) is 0 Å². The number of hydrogen-bond acceptors (Lipinski definition) is 3. The van der Waals surface area contributed by atoms with Crippen LogP contribution in [0.3, 0.4) is 0 Å². The van der Waals surface area contributed by atoms with Crippen molar-refractivity contribution in [2.24, 2.45) is 0 Å². The van der Waals surface area contributed by atoms with Crippen molar-refractivity contribution in [3.05, 3.63) is 65.2 Å². The Morgan fingerprint density at radius 3 is 2.46 bits per heavy atom. The average molecular weight is 389 g/mol. The summed E-state index contributed by atoms with van der Waals surface area (Å²) in [6, 6.07) is 13.5. The van der Waals surface area contributed by atoms with Crippen LogP contribution in [0.5, 0.6) is 0 Å². The normalized spacial score (nSPS) is 12.3. The van der Waals surface area contributed by atoms with Gasteiger partial charge in [-0.1, -0.05) is 37.3 Å². The molecule has 1 atom stereocenters. The van der Waals surface area contributed by atoms with Gasteiger partial charge in [-0.25, -0.2) is 0 Å². The summed E-state index contributed by atoms with van der Waals surface area (Å²) in [5.74, 6) is -0.345. The van der Waals surface area contributed by atoms with Crippen LogP contribution in [-0.2, 0) is 11.0 Å². The van der Waals surface area contributed by atoms with Gasteiger partial charge >= 0.3 is 6.18 Å². The van der Waals surface area contributed by atoms with Crippen molar-refractivity contribution in [1.82, 2.24) is 5.32 Å². The van der Waals surface area contributed by atoms with E-state index in [-0.39, 0.29) is 18.1 Å². The lowest BCUT2D eigenvalue weighted by Crippen LogP contribution is -2.40. The van der Waals surface area contributed by atoms with Crippen molar-refractivity contribution in [1.29, 1.82) is 5.26 Å². The number of rotatable bonds is 7. The van der Waals surface area contributed by atoms with E-state index in [1.54, 1.807) is 13.0 Å². The molecule has 7 heteroatoms. The van der Waals surface area contributed by atoms with Crippen molar-refractivity contribution < 1.29 is 18.0 Å². The second kappa shape index (κ2) is 9.38. The Balaban J connectivity index is 2.49. The summed E-state index contributed by atoms with van der Waals surface area (Å²) in [5, 5.41) is 12.0. The summed E-state index contributed by atoms with van der Waals surface area (Å²) in [6.45, 7) is 4.35. The average Bonchev–Trinajstić information content (AvgIpc) is 2.68. The molecule has 0 heterocycles. The molecule has 148 valence electrons. The van der Waals surface area contributed by atoms with Crippen LogP contribution >= 0.6 is 0 Å². The van der Waals surface area contributed by atoms with Crippen LogP contribution in [0.2, 0.25) is 0 Å². The first-order chi connectivity index (χ1) is 13.3. The first kappa shape index (κ1) is 21.5. The van der Waals surface area contributed by atoms with E-state index in [0.717, 1.165) is 24.1 Å². The fourth-order valence-corrected chi connectivity index (χ4v) is 2.94. The molecule has 0 aromatic heterocycles. The fourth-order valence-electron chi connectivity index (χ4n) is 2.94. The SMILES string of the molecule is CCCNCC(=O)N(c1ccc(C#N)c(C(F)(F)F)c1)[C@@H](C)c1ccccc1. The summed E-state index contributed by atoms with van der Waals surface area (Å²) in [4.78, 5) is 14.2. The summed E-state index contributed by atoms with van der Waals surface area (Å²) in [5.41, 5.74) is -0.623. The first-order valence-electron chi connectivity index (χ1n) is 8.98. The van der Waals surface area contributed by atoms with Gasteiger partial charge in [0.05, 0.1) is 29.8 Å². The van der Waals surface area contributed by atoms with E-state index in [1.165, 1.54) is 11.0 Å². The van der Waals surface area contributed by atoms with E-state index in [0.29, 0.717) is 6.54 Å². The Hall–Kier alpha value is -2.85. The minimum Gasteiger partial charge on any atom is -0.308 e. The number of nitrogens with zero attached hydrogens (tertiary/aromatic N) is 2. The zero-order chi connectivity index (χ0) is 20.7. The maximum absolute atomic E-state index is 13.4. The number of benzene rings is 2. The van der Waals surface area contributed by atoms with Gasteiger partial charge in [0.15, 0.2) is 0 Å². The number of nitriles is 1. The molecule has 2 rings (SSSR count). The zero-order valence-electron chi connectivity index (χ0n) is 15.8. The smallest absolute Gasteiger partial charge is 0.308 e. The minimum atomic E-state index is -4.69. The number of carbonyl (C=O) groups excluding carboxylic acids is 1. The molecule has 0 saturated heterocycles. The molecule has 0 unspecified atom stereocenters. The highest BCUT2D eigenvalue weighted by molar-refractivity contribution is 5.95. The van der Waals surface area contributed by atoms with Gasteiger partial charge in [-0.05, 0) is 43.7 Å². The molecule has 0 spiro atoms. The van der Waals surface area contributed by atoms with Crippen molar-refractivity contribution in [2.75, 3.05) is 18.0 Å². The predicted molar refractivity (Wildman–Crippen MR) is 102 cm³/mol. The van der Waals surface area contributed by atoms with Crippen LogP contribution in [-0.4, -0.2) is 19.0 Å². The van der Waals surface area contributed by atoms with E-state index in [9.17, 15) is 18.0 Å². The molecule has 1 N–H and O–H groups in total. The Morgan fingerprint density at radius 2 is 1.89 bits per heavy atom. The predicted octanol–water partition coefficient (Wildman–Crippen LogP) is 4.67. The van der Waals surface area contributed by atoms with Gasteiger partial charge in [0.25, 0.3) is 0 Å². The number of halogens is 3. The second-order valence-corrected chi connectivity index (χ2v) is 6.37. The van der Waals surface area contributed by atoms with E-state index in [2.05, 4.69) is 5.32 Å². The summed E-state index contributed by atoms with van der Waals surface area (Å²) >= 11 is 0. The summed E-state index contributed by atoms with van der Waals surface area (Å²) in [6.07, 6.45) is -3.86. The van der Waals surface area contributed by atoms with Crippen LogP contribution < -0.4 is 10.2 Å². The number of amides is 1. The third-order valence-electron chi connectivity index (χ3n) is 4.35. The zero-order valence-corrected chi connectivity index (χ0v) is 15.8. The molecule has 0 fully saturated rings. The number of carbonyl (C=O) groups is 1. The third-order valence-corrected chi connectivity index (χ3v) is 4.35. The van der Waals surface area contributed by atoms with Crippen LogP contribution in [0.15, 0.2) is 48.5 Å². The van der Waals surface area contributed by atoms with Gasteiger partial charge in [0.1, 0.15) is 0 Å². The van der Waals surface area contributed by atoms with E-state index in [1.807, 2.05) is 37.3 Å². The number of anilines is 1. The topological polar surface area (TPSA) is 56.1 Å². The van der Waals surface area contributed by atoms with Crippen LogP contribution in [0.4, 0.5) is 18.9 Å². The maximum atomic E-state index is 13.4. The molecular weight excluding hydrogens is 367 g/mol. The summed E-state index contributed by atoms with van der Waals surface area (Å²) in [7, 11) is 0. The molecule has 2 aromatic carbocycles. The highest BCUT2D eigenvalue weighted by Crippen LogP contribution is 2.36. The Kier molecular flexibility index (Phi) is 7.18. The highest BCUT2D eigenvalue weighted by atomic mass is 19.4. The number of alkyl halides is 3. The molecule has 0 bridgehead atoms. The molecule has 2 aromatic rings. The lowest BCUT2D eigenvalue weighted by atomic mass is 10.0. The van der Waals surface area contributed by atoms with Crippen LogP contribution in [0.25, 0.3) is 0 Å². The highest BCUT2D eigenvalue weighted by Gasteiger charge is 2.35. The Morgan fingerprint density at radius 1 is 1.21 bits per heavy atom. The fraction of sp³-hybridized carbons (Fsp3) is 0.333. The van der Waals surface area contributed by atoms with Gasteiger partial charge in [-0.15, -0.1) is 0 Å². The van der Waals surface area contributed by atoms with Crippen LogP contribution in [0.1, 0.15) is 43.0 Å². The molecule has 0 radical (unpaired) electrons. The molecular formula is C21H22F3N3O. The Labute approximate surface area is 162 Å². The van der Waals surface area contributed by atoms with Gasteiger partial charge < -0.3 is 10.2 Å². The molecule has 0 aliphatic carbocycles. The number of nitrogens with one attached hydrogen (secondary N) is 1. The van der Waals surface area contributed by atoms with Crippen molar-refractivity contribution in [3.8, 4) is 6.07 Å². The lowest BCUT2D eigenvalue weighted by Gasteiger charge is -2.30. The monoisotopic (exact) mass is 389 g/mol. The molecule has 28 heavy (non-hydrogen) atoms. The molecule has 1 amide bonds. The van der Waals surface area contributed by atoms with Crippen LogP contribution in [0, 0.1) is 11.3 Å². The first-order valence-corrected chi connectivity index (χ1v) is 8.98. The summed E-state index contributed by atoms with van der Waals surface area (Å²) < 4.78 is 40.2. The van der Waals surface area contributed by atoms with Crippen molar-refractivity contribution in [2.45, 2.75) is 32.5 Å². The third kappa shape index (κ3) is 5.11. The molecule has 0 aliphatic heterocycles. The van der Waals surface area contributed by atoms with Gasteiger partial charge in [-0.3, -0.25) is 4.79 Å². The molecule has 0 aliphatic rings. The van der Waals surface area contributed by atoms with Crippen molar-refractivity contribution >= 4 is 11.6 Å². The standard InChI is InChI=1S/C21H22F3N3O/c1-3-11-26-14-20(28)27(15(2)16-7-5-4-6-8-16)18-10-9-17(13-25)19(12-18)21(22,23)24/h4-10,12,15,26H,3,11,14H2,1-2H3/t15-/m0/s1. The second-order valence-electron chi connectivity index (χ2n) is 6.37. The van der Waals surface area contributed by atoms with E-state index in [4.69, 9.17) is 5.26 Å². The van der Waals surface area contributed by atoms with E-state index >= 15 is 0 Å². The van der Waals surface area contributed by atoms with Gasteiger partial charge in [0.2, 0.25) is 5.91 Å². The minimum absolute atomic E-state index is 0.00632. The van der Waals surface area contributed by atoms with E-state index < -0.39 is 23.3 Å². The number of hydrogen-bond donors (Lipinski definition) is 1. The largest absolute Gasteiger partial charge is 0.417 e. The molecule has 0 saturated carbocycles. The maximum Gasteiger partial charge on any atom is 0.417 e.